The number of ether oxygens (including phenoxy) is 1. The number of carbonyl (C=O) groups is 2. The quantitative estimate of drug-likeness (QED) is 0.771. The number of likely N-dealkylation sites (N-methyl/N-ethyl adjacent to an activating group) is 1. The zero-order valence-electron chi connectivity index (χ0n) is 17.1. The molecule has 0 unspecified atom stereocenters. The summed E-state index contributed by atoms with van der Waals surface area (Å²) < 4.78 is 40.4. The van der Waals surface area contributed by atoms with E-state index >= 15 is 0 Å². The summed E-state index contributed by atoms with van der Waals surface area (Å²) in [6, 6.07) is 4.78. The lowest BCUT2D eigenvalue weighted by molar-refractivity contribution is -0.274. The molecule has 29 heavy (non-hydrogen) atoms. The second kappa shape index (κ2) is 9.47. The normalized spacial score (nSPS) is 21.0. The molecule has 0 radical (unpaired) electrons. The topological polar surface area (TPSA) is 61.9 Å². The molecule has 9 heteroatoms. The van der Waals surface area contributed by atoms with E-state index in [-0.39, 0.29) is 36.2 Å². The van der Waals surface area contributed by atoms with E-state index in [1.807, 2.05) is 18.7 Å². The molecule has 1 fully saturated rings. The number of rotatable bonds is 6. The monoisotopic (exact) mass is 415 g/mol. The van der Waals surface area contributed by atoms with Crippen molar-refractivity contribution in [1.82, 2.24) is 9.80 Å². The fraction of sp³-hybridized carbons (Fsp3) is 0.600. The van der Waals surface area contributed by atoms with Gasteiger partial charge in [-0.3, -0.25) is 14.5 Å². The van der Waals surface area contributed by atoms with Gasteiger partial charge in [-0.05, 0) is 71.3 Å². The van der Waals surface area contributed by atoms with Gasteiger partial charge >= 0.3 is 6.36 Å². The van der Waals surface area contributed by atoms with Crippen LogP contribution in [0.2, 0.25) is 0 Å². The Balaban J connectivity index is 1.90. The fourth-order valence-corrected chi connectivity index (χ4v) is 3.56. The lowest BCUT2D eigenvalue weighted by Gasteiger charge is -2.41. The van der Waals surface area contributed by atoms with Gasteiger partial charge in [0.05, 0.1) is 12.6 Å². The van der Waals surface area contributed by atoms with Crippen LogP contribution >= 0.6 is 0 Å². The molecule has 2 rings (SSSR count). The Morgan fingerprint density at radius 3 is 2.28 bits per heavy atom. The minimum absolute atomic E-state index is 0.00588. The highest BCUT2D eigenvalue weighted by Crippen LogP contribution is 2.25. The van der Waals surface area contributed by atoms with Crippen molar-refractivity contribution in [3.05, 3.63) is 24.3 Å². The largest absolute Gasteiger partial charge is 0.573 e. The Kier molecular flexibility index (Phi) is 7.51. The Hall–Kier alpha value is -2.29. The number of piperidine rings is 1. The molecule has 0 aromatic heterocycles. The standard InChI is InChI=1S/C20H28F3N3O3/c1-13-6-5-7-14(2)26(13)19(28)15(3)25(4)12-18(27)24-16-8-10-17(11-9-16)29-20(21,22)23/h8-11,13-15H,5-7,12H2,1-4H3,(H,24,27)/t13-,14-,15+/m0/s1. The first kappa shape index (κ1) is 23.0. The third-order valence-corrected chi connectivity index (χ3v) is 5.23. The van der Waals surface area contributed by atoms with Crippen molar-refractivity contribution >= 4 is 17.5 Å². The molecule has 1 saturated heterocycles. The average molecular weight is 415 g/mol. The molecule has 1 N–H and O–H groups in total. The van der Waals surface area contributed by atoms with Gasteiger partial charge < -0.3 is 15.0 Å². The van der Waals surface area contributed by atoms with Crippen LogP contribution in [0.1, 0.15) is 40.0 Å². The molecule has 6 nitrogen and oxygen atoms in total. The number of hydrogen-bond acceptors (Lipinski definition) is 4. The molecule has 0 bridgehead atoms. The first-order valence-electron chi connectivity index (χ1n) is 9.66. The SMILES string of the molecule is C[C@H](C(=O)N1[C@@H](C)CCC[C@@H]1C)N(C)CC(=O)Nc1ccc(OC(F)(F)F)cc1. The third kappa shape index (κ3) is 6.62. The van der Waals surface area contributed by atoms with Crippen molar-refractivity contribution in [3.8, 4) is 5.75 Å². The van der Waals surface area contributed by atoms with Gasteiger partial charge in [0.25, 0.3) is 0 Å². The number of hydrogen-bond donors (Lipinski definition) is 1. The highest BCUT2D eigenvalue weighted by molar-refractivity contribution is 5.93. The maximum atomic E-state index is 12.9. The number of halogens is 3. The number of likely N-dealkylation sites (tertiary alicyclic amines) is 1. The van der Waals surface area contributed by atoms with Crippen molar-refractivity contribution in [2.75, 3.05) is 18.9 Å². The van der Waals surface area contributed by atoms with Gasteiger partial charge in [0, 0.05) is 17.8 Å². The first-order valence-corrected chi connectivity index (χ1v) is 9.66. The van der Waals surface area contributed by atoms with Gasteiger partial charge in [-0.2, -0.15) is 0 Å². The van der Waals surface area contributed by atoms with Crippen LogP contribution in [0.3, 0.4) is 0 Å². The molecule has 1 aliphatic rings. The van der Waals surface area contributed by atoms with Crippen LogP contribution in [0.4, 0.5) is 18.9 Å². The number of nitrogens with zero attached hydrogens (tertiary/aromatic N) is 2. The Morgan fingerprint density at radius 2 is 1.76 bits per heavy atom. The highest BCUT2D eigenvalue weighted by atomic mass is 19.4. The van der Waals surface area contributed by atoms with Crippen molar-refractivity contribution in [1.29, 1.82) is 0 Å². The predicted molar refractivity (Wildman–Crippen MR) is 103 cm³/mol. The summed E-state index contributed by atoms with van der Waals surface area (Å²) in [5, 5.41) is 2.61. The van der Waals surface area contributed by atoms with E-state index in [1.165, 1.54) is 12.1 Å². The maximum absolute atomic E-state index is 12.9. The van der Waals surface area contributed by atoms with Crippen LogP contribution in [-0.4, -0.2) is 59.7 Å². The molecule has 1 aliphatic heterocycles. The lowest BCUT2D eigenvalue weighted by atomic mass is 9.96. The van der Waals surface area contributed by atoms with Crippen molar-refractivity contribution in [2.45, 2.75) is 64.5 Å². The third-order valence-electron chi connectivity index (χ3n) is 5.23. The molecular formula is C20H28F3N3O3. The summed E-state index contributed by atoms with van der Waals surface area (Å²) in [4.78, 5) is 28.7. The van der Waals surface area contributed by atoms with E-state index in [2.05, 4.69) is 10.1 Å². The second-order valence-electron chi connectivity index (χ2n) is 7.59. The van der Waals surface area contributed by atoms with Crippen LogP contribution < -0.4 is 10.1 Å². The smallest absolute Gasteiger partial charge is 0.406 e. The molecule has 2 amide bonds. The summed E-state index contributed by atoms with van der Waals surface area (Å²) in [5.74, 6) is -0.735. The second-order valence-corrected chi connectivity index (χ2v) is 7.59. The number of nitrogens with one attached hydrogen (secondary N) is 1. The molecule has 0 aliphatic carbocycles. The summed E-state index contributed by atoms with van der Waals surface area (Å²) >= 11 is 0. The Labute approximate surface area is 169 Å². The van der Waals surface area contributed by atoms with Crippen molar-refractivity contribution in [2.24, 2.45) is 0 Å². The van der Waals surface area contributed by atoms with E-state index in [0.717, 1.165) is 31.4 Å². The Morgan fingerprint density at radius 1 is 1.21 bits per heavy atom. The number of anilines is 1. The van der Waals surface area contributed by atoms with Gasteiger partial charge in [-0.15, -0.1) is 13.2 Å². The van der Waals surface area contributed by atoms with Gasteiger partial charge in [0.1, 0.15) is 5.75 Å². The van der Waals surface area contributed by atoms with Crippen LogP contribution in [0.5, 0.6) is 5.75 Å². The zero-order valence-corrected chi connectivity index (χ0v) is 17.1. The lowest BCUT2D eigenvalue weighted by Crippen LogP contribution is -2.54. The zero-order chi connectivity index (χ0) is 21.8. The molecular weight excluding hydrogens is 387 g/mol. The van der Waals surface area contributed by atoms with E-state index in [9.17, 15) is 22.8 Å². The number of carbonyl (C=O) groups excluding carboxylic acids is 2. The summed E-state index contributed by atoms with van der Waals surface area (Å²) in [6.07, 6.45) is -1.72. The number of alkyl halides is 3. The highest BCUT2D eigenvalue weighted by Gasteiger charge is 2.33. The van der Waals surface area contributed by atoms with Gasteiger partial charge in [0.15, 0.2) is 0 Å². The minimum atomic E-state index is -4.76. The molecule has 162 valence electrons. The molecule has 1 aromatic carbocycles. The first-order chi connectivity index (χ1) is 13.5. The Bertz CT molecular complexity index is 699. The summed E-state index contributed by atoms with van der Waals surface area (Å²) in [7, 11) is 1.70. The molecule has 1 aromatic rings. The van der Waals surface area contributed by atoms with Crippen molar-refractivity contribution < 1.29 is 27.5 Å². The summed E-state index contributed by atoms with van der Waals surface area (Å²) in [6.45, 7) is 5.83. The average Bonchev–Trinajstić information content (AvgIpc) is 2.61. The van der Waals surface area contributed by atoms with Crippen LogP contribution in [0, 0.1) is 0 Å². The summed E-state index contributed by atoms with van der Waals surface area (Å²) in [5.41, 5.74) is 0.343. The predicted octanol–water partition coefficient (Wildman–Crippen LogP) is 3.63. The number of amides is 2. The fourth-order valence-electron chi connectivity index (χ4n) is 3.56. The maximum Gasteiger partial charge on any atom is 0.573 e. The van der Waals surface area contributed by atoms with Gasteiger partial charge in [-0.25, -0.2) is 0 Å². The van der Waals surface area contributed by atoms with Crippen LogP contribution in [-0.2, 0) is 9.59 Å². The van der Waals surface area contributed by atoms with E-state index in [1.54, 1.807) is 18.9 Å². The molecule has 1 heterocycles. The van der Waals surface area contributed by atoms with Crippen molar-refractivity contribution in [3.63, 3.8) is 0 Å². The van der Waals surface area contributed by atoms with Gasteiger partial charge in [-0.1, -0.05) is 0 Å². The van der Waals surface area contributed by atoms with E-state index < -0.39 is 12.4 Å². The molecule has 0 saturated carbocycles. The van der Waals surface area contributed by atoms with E-state index in [4.69, 9.17) is 0 Å². The minimum Gasteiger partial charge on any atom is -0.406 e. The molecule has 0 spiro atoms. The molecule has 3 atom stereocenters. The van der Waals surface area contributed by atoms with Crippen LogP contribution in [0.15, 0.2) is 24.3 Å². The van der Waals surface area contributed by atoms with Gasteiger partial charge in [0.2, 0.25) is 11.8 Å². The van der Waals surface area contributed by atoms with E-state index in [0.29, 0.717) is 5.69 Å². The number of benzene rings is 1. The van der Waals surface area contributed by atoms with Crippen LogP contribution in [0.25, 0.3) is 0 Å².